The Hall–Kier alpha value is -1.67. The van der Waals surface area contributed by atoms with Crippen LogP contribution < -0.4 is 5.73 Å². The Morgan fingerprint density at radius 3 is 2.53 bits per heavy atom. The zero-order valence-electron chi connectivity index (χ0n) is 10.2. The summed E-state index contributed by atoms with van der Waals surface area (Å²) in [7, 11) is 0. The molecule has 2 heteroatoms. The monoisotopic (exact) mass is 227 g/mol. The number of ketones is 1. The van der Waals surface area contributed by atoms with Gasteiger partial charge in [0.05, 0.1) is 0 Å². The number of hydrogen-bond donors (Lipinski definition) is 1. The van der Waals surface area contributed by atoms with Gasteiger partial charge in [0.15, 0.2) is 5.78 Å². The highest BCUT2D eigenvalue weighted by Crippen LogP contribution is 2.26. The van der Waals surface area contributed by atoms with Crippen LogP contribution in [0.25, 0.3) is 0 Å². The minimum Gasteiger partial charge on any atom is -0.322 e. The lowest BCUT2D eigenvalue weighted by Gasteiger charge is -2.26. The van der Waals surface area contributed by atoms with Gasteiger partial charge in [-0.3, -0.25) is 4.79 Å². The molecule has 1 unspecified atom stereocenters. The number of carbonyl (C=O) groups excluding carboxylic acids is 1. The van der Waals surface area contributed by atoms with Gasteiger partial charge >= 0.3 is 0 Å². The maximum Gasteiger partial charge on any atom is 0.192 e. The lowest BCUT2D eigenvalue weighted by atomic mass is 9.84. The van der Waals surface area contributed by atoms with Crippen molar-refractivity contribution in [2.75, 3.05) is 0 Å². The van der Waals surface area contributed by atoms with Gasteiger partial charge in [-0.05, 0) is 20.3 Å². The molecule has 0 radical (unpaired) electrons. The number of rotatable bonds is 2. The average Bonchev–Trinajstić information content (AvgIpc) is 2.28. The summed E-state index contributed by atoms with van der Waals surface area (Å²) in [6.07, 6.45) is 4.50. The van der Waals surface area contributed by atoms with Crippen LogP contribution in [0.15, 0.2) is 53.6 Å². The van der Waals surface area contributed by atoms with Crippen molar-refractivity contribution in [2.45, 2.75) is 25.8 Å². The van der Waals surface area contributed by atoms with Gasteiger partial charge in [-0.25, -0.2) is 0 Å². The fourth-order valence-electron chi connectivity index (χ4n) is 2.16. The van der Waals surface area contributed by atoms with Gasteiger partial charge in [0.25, 0.3) is 0 Å². The molecule has 1 atom stereocenters. The number of allylic oxidation sites excluding steroid dienone is 2. The van der Waals surface area contributed by atoms with Gasteiger partial charge in [-0.2, -0.15) is 0 Å². The topological polar surface area (TPSA) is 43.1 Å². The third kappa shape index (κ3) is 2.53. The third-order valence-corrected chi connectivity index (χ3v) is 3.02. The van der Waals surface area contributed by atoms with E-state index in [0.29, 0.717) is 0 Å². The van der Waals surface area contributed by atoms with Crippen molar-refractivity contribution in [3.63, 3.8) is 0 Å². The molecule has 1 aromatic rings. The molecule has 2 nitrogen and oxygen atoms in total. The van der Waals surface area contributed by atoms with Crippen molar-refractivity contribution >= 4 is 5.78 Å². The smallest absolute Gasteiger partial charge is 0.192 e. The molecule has 88 valence electrons. The summed E-state index contributed by atoms with van der Waals surface area (Å²) < 4.78 is 0. The number of benzene rings is 1. The van der Waals surface area contributed by atoms with E-state index in [1.54, 1.807) is 0 Å². The van der Waals surface area contributed by atoms with E-state index in [4.69, 9.17) is 5.73 Å². The molecule has 0 spiro atoms. The Balaban J connectivity index is 2.31. The summed E-state index contributed by atoms with van der Waals surface area (Å²) in [6, 6.07) is 9.34. The second kappa shape index (κ2) is 4.30. The van der Waals surface area contributed by atoms with Gasteiger partial charge in [0, 0.05) is 16.7 Å². The SMILES string of the molecule is CC1=C(C(=O)c2ccccc2)C=CC(C)(N)C1. The molecule has 17 heavy (non-hydrogen) atoms. The van der Waals surface area contributed by atoms with E-state index < -0.39 is 0 Å². The Bertz CT molecular complexity index is 495. The predicted octanol–water partition coefficient (Wildman–Crippen LogP) is 2.86. The first kappa shape index (κ1) is 11.8. The van der Waals surface area contributed by atoms with E-state index in [0.717, 1.165) is 23.1 Å². The largest absolute Gasteiger partial charge is 0.322 e. The molecule has 0 saturated carbocycles. The van der Waals surface area contributed by atoms with Crippen LogP contribution in [0.3, 0.4) is 0 Å². The second-order valence-corrected chi connectivity index (χ2v) is 4.91. The Labute approximate surface area is 102 Å². The van der Waals surface area contributed by atoms with Crippen LogP contribution in [0, 0.1) is 0 Å². The summed E-state index contributed by atoms with van der Waals surface area (Å²) in [5.41, 5.74) is 8.28. The third-order valence-electron chi connectivity index (χ3n) is 3.02. The first-order chi connectivity index (χ1) is 7.99. The van der Waals surface area contributed by atoms with Crippen LogP contribution in [0.2, 0.25) is 0 Å². The van der Waals surface area contributed by atoms with Gasteiger partial charge in [-0.1, -0.05) is 48.1 Å². The second-order valence-electron chi connectivity index (χ2n) is 4.91. The first-order valence-corrected chi connectivity index (χ1v) is 5.77. The number of Topliss-reactive ketones (excluding diaryl/α,β-unsaturated/α-hetero) is 1. The molecule has 0 saturated heterocycles. The van der Waals surface area contributed by atoms with E-state index >= 15 is 0 Å². The quantitative estimate of drug-likeness (QED) is 0.789. The minimum absolute atomic E-state index is 0.0786. The number of carbonyl (C=O) groups is 1. The molecule has 2 N–H and O–H groups in total. The van der Waals surface area contributed by atoms with Gasteiger partial charge in [0.1, 0.15) is 0 Å². The van der Waals surface area contributed by atoms with Crippen molar-refractivity contribution < 1.29 is 4.79 Å². The van der Waals surface area contributed by atoms with Crippen LogP contribution >= 0.6 is 0 Å². The predicted molar refractivity (Wildman–Crippen MR) is 69.8 cm³/mol. The van der Waals surface area contributed by atoms with Crippen molar-refractivity contribution in [1.29, 1.82) is 0 Å². The molecule has 0 bridgehead atoms. The zero-order chi connectivity index (χ0) is 12.5. The lowest BCUT2D eigenvalue weighted by Crippen LogP contribution is -2.36. The summed E-state index contributed by atoms with van der Waals surface area (Å²) in [4.78, 5) is 12.3. The average molecular weight is 227 g/mol. The maximum atomic E-state index is 12.3. The fourth-order valence-corrected chi connectivity index (χ4v) is 2.16. The highest BCUT2D eigenvalue weighted by Gasteiger charge is 2.23. The fraction of sp³-hybridized carbons (Fsp3) is 0.267. The summed E-state index contributed by atoms with van der Waals surface area (Å²) in [6.45, 7) is 3.95. The molecule has 1 aliphatic rings. The van der Waals surface area contributed by atoms with Crippen LogP contribution in [-0.2, 0) is 0 Å². The van der Waals surface area contributed by atoms with E-state index in [2.05, 4.69) is 0 Å². The van der Waals surface area contributed by atoms with Crippen LogP contribution in [0.5, 0.6) is 0 Å². The molecule has 2 rings (SSSR count). The van der Waals surface area contributed by atoms with Gasteiger partial charge in [0.2, 0.25) is 0 Å². The van der Waals surface area contributed by atoms with E-state index in [-0.39, 0.29) is 11.3 Å². The van der Waals surface area contributed by atoms with E-state index in [1.165, 1.54) is 0 Å². The molecule has 0 heterocycles. The van der Waals surface area contributed by atoms with E-state index in [1.807, 2.05) is 56.3 Å². The Kier molecular flexibility index (Phi) is 2.99. The van der Waals surface area contributed by atoms with Crippen molar-refractivity contribution in [2.24, 2.45) is 5.73 Å². The first-order valence-electron chi connectivity index (χ1n) is 5.77. The molecular weight excluding hydrogens is 210 g/mol. The Morgan fingerprint density at radius 1 is 1.29 bits per heavy atom. The van der Waals surface area contributed by atoms with Crippen molar-refractivity contribution in [3.8, 4) is 0 Å². The highest BCUT2D eigenvalue weighted by atomic mass is 16.1. The molecular formula is C15H17NO. The lowest BCUT2D eigenvalue weighted by molar-refractivity contribution is 0.103. The minimum atomic E-state index is -0.329. The molecule has 0 aromatic heterocycles. The van der Waals surface area contributed by atoms with Crippen molar-refractivity contribution in [3.05, 3.63) is 59.2 Å². The molecule has 0 aliphatic heterocycles. The van der Waals surface area contributed by atoms with Gasteiger partial charge in [-0.15, -0.1) is 0 Å². The molecule has 0 fully saturated rings. The molecule has 0 amide bonds. The van der Waals surface area contributed by atoms with E-state index in [9.17, 15) is 4.79 Å². The highest BCUT2D eigenvalue weighted by molar-refractivity contribution is 6.11. The van der Waals surface area contributed by atoms with Crippen LogP contribution in [-0.4, -0.2) is 11.3 Å². The molecule has 1 aromatic carbocycles. The molecule has 1 aliphatic carbocycles. The number of hydrogen-bond acceptors (Lipinski definition) is 2. The van der Waals surface area contributed by atoms with Crippen LogP contribution in [0.1, 0.15) is 30.6 Å². The van der Waals surface area contributed by atoms with Gasteiger partial charge < -0.3 is 5.73 Å². The summed E-state index contributed by atoms with van der Waals surface area (Å²) >= 11 is 0. The van der Waals surface area contributed by atoms with Crippen molar-refractivity contribution in [1.82, 2.24) is 0 Å². The number of nitrogens with two attached hydrogens (primary N) is 1. The normalized spacial score (nSPS) is 23.9. The standard InChI is InChI=1S/C15H17NO/c1-11-10-15(2,16)9-8-13(11)14(17)12-6-4-3-5-7-12/h3-9H,10,16H2,1-2H3. The summed E-state index contributed by atoms with van der Waals surface area (Å²) in [5, 5.41) is 0. The maximum absolute atomic E-state index is 12.3. The Morgan fingerprint density at radius 2 is 1.94 bits per heavy atom. The zero-order valence-corrected chi connectivity index (χ0v) is 10.2. The van der Waals surface area contributed by atoms with Crippen LogP contribution in [0.4, 0.5) is 0 Å². The summed E-state index contributed by atoms with van der Waals surface area (Å²) in [5.74, 6) is 0.0786.